The van der Waals surface area contributed by atoms with Crippen molar-refractivity contribution in [3.63, 3.8) is 0 Å². The van der Waals surface area contributed by atoms with Crippen molar-refractivity contribution < 1.29 is 0 Å². The number of rotatable bonds is 3. The molecule has 0 fully saturated rings. The molecule has 0 spiro atoms. The number of nitrogens with zero attached hydrogens (tertiary/aromatic N) is 3. The Labute approximate surface area is 148 Å². The average Bonchev–Trinajstić information content (AvgIpc) is 2.72. The highest BCUT2D eigenvalue weighted by Gasteiger charge is 2.14. The number of para-hydroxylation sites is 1. The standard InChI is InChI=1S/C20H15N3.C2H6/c1-2-6-16(7-3-1)23(17-11-14-21-15-12-17)20-10-4-9-19-18(20)8-5-13-22-19;1-2/h1-15H;1-2H3. The van der Waals surface area contributed by atoms with Crippen LogP contribution in [-0.4, -0.2) is 9.97 Å². The lowest BCUT2D eigenvalue weighted by molar-refractivity contribution is 1.25. The molecular weight excluding hydrogens is 306 g/mol. The zero-order valence-corrected chi connectivity index (χ0v) is 14.5. The second kappa shape index (κ2) is 8.06. The van der Waals surface area contributed by atoms with Crippen molar-refractivity contribution >= 4 is 28.0 Å². The van der Waals surface area contributed by atoms with Crippen molar-refractivity contribution in [2.24, 2.45) is 0 Å². The molecule has 0 aliphatic heterocycles. The molecule has 4 aromatic rings. The van der Waals surface area contributed by atoms with E-state index in [1.165, 1.54) is 0 Å². The van der Waals surface area contributed by atoms with Crippen LogP contribution in [0.4, 0.5) is 17.1 Å². The zero-order chi connectivity index (χ0) is 17.5. The van der Waals surface area contributed by atoms with E-state index < -0.39 is 0 Å². The minimum atomic E-state index is 0.986. The largest absolute Gasteiger partial charge is 0.310 e. The lowest BCUT2D eigenvalue weighted by Crippen LogP contribution is -2.10. The van der Waals surface area contributed by atoms with Gasteiger partial charge in [-0.05, 0) is 48.5 Å². The Morgan fingerprint density at radius 2 is 1.36 bits per heavy atom. The predicted molar refractivity (Wildman–Crippen MR) is 106 cm³/mol. The Kier molecular flexibility index (Phi) is 5.37. The van der Waals surface area contributed by atoms with Crippen LogP contribution in [0, 0.1) is 0 Å². The van der Waals surface area contributed by atoms with E-state index in [1.807, 2.05) is 81.0 Å². The van der Waals surface area contributed by atoms with E-state index in [0.29, 0.717) is 0 Å². The second-order valence-electron chi connectivity index (χ2n) is 5.22. The number of pyridine rings is 2. The zero-order valence-electron chi connectivity index (χ0n) is 14.5. The Hall–Kier alpha value is -3.20. The fourth-order valence-corrected chi connectivity index (χ4v) is 2.78. The maximum Gasteiger partial charge on any atom is 0.0723 e. The summed E-state index contributed by atoms with van der Waals surface area (Å²) in [6.45, 7) is 4.00. The smallest absolute Gasteiger partial charge is 0.0723 e. The van der Waals surface area contributed by atoms with Crippen LogP contribution in [-0.2, 0) is 0 Å². The van der Waals surface area contributed by atoms with E-state index in [4.69, 9.17) is 0 Å². The van der Waals surface area contributed by atoms with Gasteiger partial charge in [-0.15, -0.1) is 0 Å². The van der Waals surface area contributed by atoms with Crippen LogP contribution in [0.2, 0.25) is 0 Å². The molecule has 0 unspecified atom stereocenters. The first-order valence-corrected chi connectivity index (χ1v) is 8.52. The lowest BCUT2D eigenvalue weighted by Gasteiger charge is -2.26. The van der Waals surface area contributed by atoms with Gasteiger partial charge in [0.15, 0.2) is 0 Å². The monoisotopic (exact) mass is 327 g/mol. The summed E-state index contributed by atoms with van der Waals surface area (Å²) in [6, 6.07) is 24.7. The number of hydrogen-bond donors (Lipinski definition) is 0. The fourth-order valence-electron chi connectivity index (χ4n) is 2.78. The number of aromatic nitrogens is 2. The molecule has 0 bridgehead atoms. The molecule has 0 atom stereocenters. The summed E-state index contributed by atoms with van der Waals surface area (Å²) in [5, 5.41) is 1.12. The second-order valence-corrected chi connectivity index (χ2v) is 5.22. The highest BCUT2D eigenvalue weighted by molar-refractivity contribution is 5.96. The maximum atomic E-state index is 4.47. The summed E-state index contributed by atoms with van der Waals surface area (Å²) in [7, 11) is 0. The van der Waals surface area contributed by atoms with Crippen molar-refractivity contribution in [1.29, 1.82) is 0 Å². The van der Waals surface area contributed by atoms with E-state index in [1.54, 1.807) is 0 Å². The van der Waals surface area contributed by atoms with Gasteiger partial charge in [-0.3, -0.25) is 9.97 Å². The van der Waals surface area contributed by atoms with Gasteiger partial charge >= 0.3 is 0 Å². The van der Waals surface area contributed by atoms with Crippen LogP contribution < -0.4 is 4.90 Å². The molecule has 0 amide bonds. The molecule has 3 nitrogen and oxygen atoms in total. The van der Waals surface area contributed by atoms with Gasteiger partial charge in [-0.2, -0.15) is 0 Å². The Morgan fingerprint density at radius 1 is 0.640 bits per heavy atom. The van der Waals surface area contributed by atoms with Gasteiger partial charge in [0.1, 0.15) is 0 Å². The van der Waals surface area contributed by atoms with Gasteiger partial charge in [-0.1, -0.05) is 38.1 Å². The van der Waals surface area contributed by atoms with Crippen molar-refractivity contribution in [3.05, 3.63) is 91.4 Å². The Morgan fingerprint density at radius 3 is 2.12 bits per heavy atom. The van der Waals surface area contributed by atoms with Gasteiger partial charge in [-0.25, -0.2) is 0 Å². The summed E-state index contributed by atoms with van der Waals surface area (Å²) in [4.78, 5) is 10.8. The number of anilines is 3. The highest BCUT2D eigenvalue weighted by Crippen LogP contribution is 2.37. The third kappa shape index (κ3) is 3.50. The molecule has 2 heterocycles. The maximum absolute atomic E-state index is 4.47. The minimum Gasteiger partial charge on any atom is -0.310 e. The summed E-state index contributed by atoms with van der Waals surface area (Å²) in [6.07, 6.45) is 5.45. The van der Waals surface area contributed by atoms with Gasteiger partial charge < -0.3 is 4.90 Å². The Bertz CT molecular complexity index is 876. The van der Waals surface area contributed by atoms with E-state index in [0.717, 1.165) is 28.0 Å². The highest BCUT2D eigenvalue weighted by atomic mass is 15.1. The SMILES string of the molecule is CC.c1ccc(N(c2ccncc2)c2cccc3ncccc23)cc1. The molecule has 124 valence electrons. The molecule has 0 saturated carbocycles. The normalized spacial score (nSPS) is 10.0. The third-order valence-corrected chi connectivity index (χ3v) is 3.80. The predicted octanol–water partition coefficient (Wildman–Crippen LogP) is 6.13. The molecule has 3 heteroatoms. The van der Waals surface area contributed by atoms with E-state index in [-0.39, 0.29) is 0 Å². The molecule has 2 aromatic heterocycles. The van der Waals surface area contributed by atoms with Crippen LogP contribution in [0.15, 0.2) is 91.4 Å². The molecule has 0 radical (unpaired) electrons. The molecule has 0 aliphatic rings. The van der Waals surface area contributed by atoms with Gasteiger partial charge in [0.25, 0.3) is 0 Å². The van der Waals surface area contributed by atoms with Crippen LogP contribution in [0.25, 0.3) is 10.9 Å². The van der Waals surface area contributed by atoms with E-state index >= 15 is 0 Å². The summed E-state index contributed by atoms with van der Waals surface area (Å²) in [5.41, 5.74) is 4.27. The Balaban J connectivity index is 0.000000880. The molecule has 2 aromatic carbocycles. The first-order valence-electron chi connectivity index (χ1n) is 8.52. The fraction of sp³-hybridized carbons (Fsp3) is 0.0909. The van der Waals surface area contributed by atoms with Crippen molar-refractivity contribution in [3.8, 4) is 0 Å². The van der Waals surface area contributed by atoms with Crippen molar-refractivity contribution in [2.45, 2.75) is 13.8 Å². The van der Waals surface area contributed by atoms with Gasteiger partial charge in [0, 0.05) is 35.4 Å². The first-order chi connectivity index (χ1) is 12.4. The van der Waals surface area contributed by atoms with Gasteiger partial charge in [0.05, 0.1) is 11.2 Å². The molecule has 0 aliphatic carbocycles. The van der Waals surface area contributed by atoms with Gasteiger partial charge in [0.2, 0.25) is 0 Å². The quantitative estimate of drug-likeness (QED) is 0.453. The lowest BCUT2D eigenvalue weighted by atomic mass is 10.1. The summed E-state index contributed by atoms with van der Waals surface area (Å²) >= 11 is 0. The topological polar surface area (TPSA) is 29.0 Å². The molecule has 25 heavy (non-hydrogen) atoms. The van der Waals surface area contributed by atoms with Crippen molar-refractivity contribution in [1.82, 2.24) is 9.97 Å². The number of hydrogen-bond acceptors (Lipinski definition) is 3. The molecule has 0 saturated heterocycles. The molecule has 0 N–H and O–H groups in total. The van der Waals surface area contributed by atoms with Crippen molar-refractivity contribution in [2.75, 3.05) is 4.90 Å². The number of benzene rings is 2. The third-order valence-electron chi connectivity index (χ3n) is 3.80. The van der Waals surface area contributed by atoms with E-state index in [2.05, 4.69) is 39.1 Å². The average molecular weight is 327 g/mol. The first kappa shape index (κ1) is 16.7. The van der Waals surface area contributed by atoms with Crippen LogP contribution >= 0.6 is 0 Å². The molecular formula is C22H21N3. The summed E-state index contributed by atoms with van der Waals surface area (Å²) in [5.74, 6) is 0. The van der Waals surface area contributed by atoms with Crippen LogP contribution in [0.5, 0.6) is 0 Å². The molecule has 4 rings (SSSR count). The van der Waals surface area contributed by atoms with Crippen LogP contribution in [0.1, 0.15) is 13.8 Å². The van der Waals surface area contributed by atoms with E-state index in [9.17, 15) is 0 Å². The number of fused-ring (bicyclic) bond motifs is 1. The summed E-state index contributed by atoms with van der Waals surface area (Å²) < 4.78 is 0. The minimum absolute atomic E-state index is 0.986. The van der Waals surface area contributed by atoms with Crippen LogP contribution in [0.3, 0.4) is 0 Å².